The van der Waals surface area contributed by atoms with Crippen LogP contribution in [0.2, 0.25) is 0 Å². The van der Waals surface area contributed by atoms with Crippen molar-refractivity contribution in [1.82, 2.24) is 5.32 Å². The standard InChI is InChI=1S/C12H14FNO3/c13-10-4-2-1-3-8(10)7-17-12(16)11-5-9(15)6-14-11/h1-4,9,11,14-15H,5-7H2. The van der Waals surface area contributed by atoms with Crippen molar-refractivity contribution in [3.8, 4) is 0 Å². The number of aliphatic hydroxyl groups excluding tert-OH is 1. The molecule has 4 nitrogen and oxygen atoms in total. The third kappa shape index (κ3) is 3.01. The molecule has 0 aliphatic carbocycles. The molecule has 1 aliphatic heterocycles. The van der Waals surface area contributed by atoms with E-state index in [0.29, 0.717) is 18.5 Å². The quantitative estimate of drug-likeness (QED) is 0.758. The number of carbonyl (C=O) groups is 1. The van der Waals surface area contributed by atoms with Crippen LogP contribution in [0.1, 0.15) is 12.0 Å². The lowest BCUT2D eigenvalue weighted by Gasteiger charge is -2.10. The zero-order chi connectivity index (χ0) is 12.3. The Morgan fingerprint density at radius 2 is 2.29 bits per heavy atom. The van der Waals surface area contributed by atoms with E-state index < -0.39 is 18.1 Å². The molecule has 92 valence electrons. The Morgan fingerprint density at radius 1 is 1.53 bits per heavy atom. The molecular formula is C12H14FNO3. The van der Waals surface area contributed by atoms with Crippen LogP contribution in [-0.2, 0) is 16.1 Å². The van der Waals surface area contributed by atoms with Crippen LogP contribution >= 0.6 is 0 Å². The lowest BCUT2D eigenvalue weighted by Crippen LogP contribution is -2.32. The van der Waals surface area contributed by atoms with Gasteiger partial charge < -0.3 is 15.2 Å². The summed E-state index contributed by atoms with van der Waals surface area (Å²) >= 11 is 0. The molecular weight excluding hydrogens is 225 g/mol. The summed E-state index contributed by atoms with van der Waals surface area (Å²) in [6.07, 6.45) is -0.170. The predicted molar refractivity (Wildman–Crippen MR) is 58.6 cm³/mol. The highest BCUT2D eigenvalue weighted by Crippen LogP contribution is 2.11. The van der Waals surface area contributed by atoms with E-state index in [2.05, 4.69) is 5.32 Å². The second-order valence-electron chi connectivity index (χ2n) is 4.05. The predicted octanol–water partition coefficient (Wildman–Crippen LogP) is 0.592. The summed E-state index contributed by atoms with van der Waals surface area (Å²) in [5.74, 6) is -0.843. The Balaban J connectivity index is 1.86. The molecule has 2 atom stereocenters. The van der Waals surface area contributed by atoms with Crippen molar-refractivity contribution in [2.75, 3.05) is 6.54 Å². The fourth-order valence-electron chi connectivity index (χ4n) is 1.76. The first-order valence-corrected chi connectivity index (χ1v) is 5.48. The lowest BCUT2D eigenvalue weighted by molar-refractivity contribution is -0.147. The highest BCUT2D eigenvalue weighted by Gasteiger charge is 2.29. The van der Waals surface area contributed by atoms with E-state index in [1.54, 1.807) is 18.2 Å². The van der Waals surface area contributed by atoms with E-state index in [-0.39, 0.29) is 12.4 Å². The minimum Gasteiger partial charge on any atom is -0.460 e. The molecule has 1 aromatic rings. The molecule has 5 heteroatoms. The summed E-state index contributed by atoms with van der Waals surface area (Å²) in [4.78, 5) is 11.6. The molecule has 1 saturated heterocycles. The lowest BCUT2D eigenvalue weighted by atomic mass is 10.2. The molecule has 2 N–H and O–H groups in total. The number of ether oxygens (including phenoxy) is 1. The molecule has 1 aliphatic rings. The molecule has 2 rings (SSSR count). The highest BCUT2D eigenvalue weighted by atomic mass is 19.1. The number of halogens is 1. The maximum atomic E-state index is 13.2. The van der Waals surface area contributed by atoms with E-state index in [0.717, 1.165) is 0 Å². The molecule has 17 heavy (non-hydrogen) atoms. The summed E-state index contributed by atoms with van der Waals surface area (Å²) in [6.45, 7) is 0.305. The van der Waals surface area contributed by atoms with Gasteiger partial charge in [-0.05, 0) is 6.07 Å². The van der Waals surface area contributed by atoms with Gasteiger partial charge in [0.1, 0.15) is 18.5 Å². The highest BCUT2D eigenvalue weighted by molar-refractivity contribution is 5.76. The fourth-order valence-corrected chi connectivity index (χ4v) is 1.76. The van der Waals surface area contributed by atoms with Gasteiger partial charge in [-0.3, -0.25) is 4.79 Å². The van der Waals surface area contributed by atoms with Gasteiger partial charge in [0, 0.05) is 18.5 Å². The minimum absolute atomic E-state index is 0.0835. The number of esters is 1. The largest absolute Gasteiger partial charge is 0.460 e. The van der Waals surface area contributed by atoms with Gasteiger partial charge in [-0.2, -0.15) is 0 Å². The van der Waals surface area contributed by atoms with Crippen molar-refractivity contribution >= 4 is 5.97 Å². The van der Waals surface area contributed by atoms with Crippen LogP contribution in [0.3, 0.4) is 0 Å². The molecule has 1 fully saturated rings. The number of aliphatic hydroxyl groups is 1. The Bertz CT molecular complexity index is 410. The molecule has 0 radical (unpaired) electrons. The van der Waals surface area contributed by atoms with Crippen LogP contribution in [0.25, 0.3) is 0 Å². The van der Waals surface area contributed by atoms with Gasteiger partial charge in [-0.1, -0.05) is 18.2 Å². The van der Waals surface area contributed by atoms with E-state index in [9.17, 15) is 14.3 Å². The Kier molecular flexibility index (Phi) is 3.71. The van der Waals surface area contributed by atoms with Gasteiger partial charge in [0.2, 0.25) is 0 Å². The van der Waals surface area contributed by atoms with Crippen molar-refractivity contribution in [2.45, 2.75) is 25.2 Å². The first kappa shape index (κ1) is 12.0. The van der Waals surface area contributed by atoms with E-state index in [1.807, 2.05) is 0 Å². The number of β-amino-alcohol motifs (C(OH)–C–C–N with tert-alkyl or cyclic N) is 1. The normalized spacial score (nSPS) is 23.6. The third-order valence-corrected chi connectivity index (χ3v) is 2.72. The van der Waals surface area contributed by atoms with Crippen molar-refractivity contribution in [2.24, 2.45) is 0 Å². The summed E-state index contributed by atoms with van der Waals surface area (Å²) in [5, 5.41) is 12.1. The minimum atomic E-state index is -0.513. The SMILES string of the molecule is O=C(OCc1ccccc1F)C1CC(O)CN1. The van der Waals surface area contributed by atoms with Gasteiger partial charge >= 0.3 is 5.97 Å². The first-order valence-electron chi connectivity index (χ1n) is 5.48. The van der Waals surface area contributed by atoms with Gasteiger partial charge in [0.15, 0.2) is 0 Å². The Morgan fingerprint density at radius 3 is 2.94 bits per heavy atom. The summed E-state index contributed by atoms with van der Waals surface area (Å²) < 4.78 is 18.2. The second kappa shape index (κ2) is 5.25. The van der Waals surface area contributed by atoms with E-state index in [4.69, 9.17) is 4.74 Å². The summed E-state index contributed by atoms with van der Waals surface area (Å²) in [6, 6.07) is 5.66. The number of rotatable bonds is 3. The number of nitrogens with one attached hydrogen (secondary N) is 1. The average molecular weight is 239 g/mol. The molecule has 1 heterocycles. The average Bonchev–Trinajstić information content (AvgIpc) is 2.74. The maximum absolute atomic E-state index is 13.2. The zero-order valence-electron chi connectivity index (χ0n) is 9.23. The maximum Gasteiger partial charge on any atom is 0.323 e. The van der Waals surface area contributed by atoms with Crippen LogP contribution in [0.5, 0.6) is 0 Å². The number of carbonyl (C=O) groups excluding carboxylic acids is 1. The van der Waals surface area contributed by atoms with Crippen LogP contribution < -0.4 is 5.32 Å². The smallest absolute Gasteiger partial charge is 0.323 e. The van der Waals surface area contributed by atoms with Crippen molar-refractivity contribution < 1.29 is 19.0 Å². The topological polar surface area (TPSA) is 58.6 Å². The first-order chi connectivity index (χ1) is 8.16. The molecule has 1 aromatic carbocycles. The Hall–Kier alpha value is -1.46. The monoisotopic (exact) mass is 239 g/mol. The summed E-state index contributed by atoms with van der Waals surface area (Å²) in [7, 11) is 0. The second-order valence-corrected chi connectivity index (χ2v) is 4.05. The number of hydrogen-bond donors (Lipinski definition) is 2. The van der Waals surface area contributed by atoms with Crippen LogP contribution in [-0.4, -0.2) is 29.8 Å². The zero-order valence-corrected chi connectivity index (χ0v) is 9.23. The number of benzene rings is 1. The summed E-state index contributed by atoms with van der Waals surface area (Å²) in [5.41, 5.74) is 0.347. The van der Waals surface area contributed by atoms with Crippen molar-refractivity contribution in [3.63, 3.8) is 0 Å². The van der Waals surface area contributed by atoms with Crippen LogP contribution in [0, 0.1) is 5.82 Å². The van der Waals surface area contributed by atoms with Crippen LogP contribution in [0.4, 0.5) is 4.39 Å². The number of hydrogen-bond acceptors (Lipinski definition) is 4. The van der Waals surface area contributed by atoms with Crippen molar-refractivity contribution in [3.05, 3.63) is 35.6 Å². The van der Waals surface area contributed by atoms with E-state index in [1.165, 1.54) is 6.07 Å². The van der Waals surface area contributed by atoms with Crippen LogP contribution in [0.15, 0.2) is 24.3 Å². The Labute approximate surface area is 98.4 Å². The molecule has 0 aromatic heterocycles. The van der Waals surface area contributed by atoms with Crippen molar-refractivity contribution in [1.29, 1.82) is 0 Å². The van der Waals surface area contributed by atoms with Gasteiger partial charge in [0.05, 0.1) is 6.10 Å². The van der Waals surface area contributed by atoms with E-state index >= 15 is 0 Å². The fraction of sp³-hybridized carbons (Fsp3) is 0.417. The molecule has 0 saturated carbocycles. The molecule has 0 amide bonds. The third-order valence-electron chi connectivity index (χ3n) is 2.72. The van der Waals surface area contributed by atoms with Gasteiger partial charge in [-0.15, -0.1) is 0 Å². The van der Waals surface area contributed by atoms with Gasteiger partial charge in [-0.25, -0.2) is 4.39 Å². The molecule has 0 spiro atoms. The molecule has 0 bridgehead atoms. The molecule has 2 unspecified atom stereocenters. The van der Waals surface area contributed by atoms with Gasteiger partial charge in [0.25, 0.3) is 0 Å².